The largest absolute Gasteiger partial charge is 0.466 e. The van der Waals surface area contributed by atoms with E-state index in [2.05, 4.69) is 0 Å². The van der Waals surface area contributed by atoms with Crippen molar-refractivity contribution in [1.82, 2.24) is 4.67 Å². The summed E-state index contributed by atoms with van der Waals surface area (Å²) in [4.78, 5) is 50.8. The Balaban J connectivity index is 1.77. The van der Waals surface area contributed by atoms with Crippen LogP contribution >= 0.6 is 19.1 Å². The third kappa shape index (κ3) is 4.17. The monoisotopic (exact) mass is 513 g/mol. The number of Topliss-reactive ketones (excluding diaryl/α,β-unsaturated/α-hetero) is 1. The van der Waals surface area contributed by atoms with Crippen LogP contribution in [-0.4, -0.2) is 72.3 Å². The van der Waals surface area contributed by atoms with Gasteiger partial charge in [-0.25, -0.2) is 4.67 Å². The van der Waals surface area contributed by atoms with Gasteiger partial charge < -0.3 is 18.7 Å². The standard InChI is InChI=1S/C22H25ClNO9P/c1-3-30-21(27)17-15(13-4-6-14(7-5-13)32-12(2)25)16-18(26)20(19(17)33-22(16)28)34(29)24(9-8-23)10-11-31-34/h4-7,15-17,19-20H,3,8-11H2,1-2H3/t15-,16-,17+,19-,20+,34+/m1/s1. The number of benzene rings is 1. The lowest BCUT2D eigenvalue weighted by atomic mass is 9.64. The van der Waals surface area contributed by atoms with E-state index in [4.69, 9.17) is 30.3 Å². The van der Waals surface area contributed by atoms with Crippen LogP contribution < -0.4 is 4.74 Å². The summed E-state index contributed by atoms with van der Waals surface area (Å²) in [5, 5.41) is 0. The highest BCUT2D eigenvalue weighted by molar-refractivity contribution is 7.58. The van der Waals surface area contributed by atoms with E-state index in [0.29, 0.717) is 12.1 Å². The van der Waals surface area contributed by atoms with Crippen molar-refractivity contribution in [3.8, 4) is 5.75 Å². The molecular weight excluding hydrogens is 489 g/mol. The molecule has 0 spiro atoms. The summed E-state index contributed by atoms with van der Waals surface area (Å²) in [5.74, 6) is -5.41. The Labute approximate surface area is 201 Å². The van der Waals surface area contributed by atoms with Gasteiger partial charge in [0.1, 0.15) is 29.3 Å². The van der Waals surface area contributed by atoms with Crippen LogP contribution in [0, 0.1) is 11.8 Å². The van der Waals surface area contributed by atoms with Crippen LogP contribution in [-0.2, 0) is 37.7 Å². The molecule has 1 saturated carbocycles. The van der Waals surface area contributed by atoms with Crippen molar-refractivity contribution >= 4 is 42.8 Å². The normalized spacial score (nSPS) is 33.0. The van der Waals surface area contributed by atoms with E-state index < -0.39 is 60.7 Å². The molecule has 5 rings (SSSR count). The minimum atomic E-state index is -3.78. The van der Waals surface area contributed by atoms with Crippen LogP contribution in [0.2, 0.25) is 0 Å². The molecule has 12 heteroatoms. The number of rotatable bonds is 7. The van der Waals surface area contributed by atoms with E-state index in [-0.39, 0.29) is 31.4 Å². The summed E-state index contributed by atoms with van der Waals surface area (Å²) >= 11 is 5.86. The fourth-order valence-electron chi connectivity index (χ4n) is 5.03. The summed E-state index contributed by atoms with van der Waals surface area (Å²) in [6.07, 6.45) is -1.32. The lowest BCUT2D eigenvalue weighted by Gasteiger charge is -2.50. The third-order valence-corrected chi connectivity index (χ3v) is 9.48. The molecule has 0 amide bonds. The zero-order valence-corrected chi connectivity index (χ0v) is 20.3. The summed E-state index contributed by atoms with van der Waals surface area (Å²) in [6, 6.07) is 6.19. The average molecular weight is 514 g/mol. The van der Waals surface area contributed by atoms with E-state index in [1.54, 1.807) is 19.1 Å². The van der Waals surface area contributed by atoms with Gasteiger partial charge in [0.15, 0.2) is 5.78 Å². The van der Waals surface area contributed by atoms with Gasteiger partial charge in [-0.3, -0.25) is 23.7 Å². The Morgan fingerprint density at radius 3 is 2.56 bits per heavy atom. The van der Waals surface area contributed by atoms with Crippen molar-refractivity contribution in [3.63, 3.8) is 0 Å². The molecule has 184 valence electrons. The number of ether oxygens (including phenoxy) is 3. The summed E-state index contributed by atoms with van der Waals surface area (Å²) in [6.45, 7) is 3.64. The zero-order chi connectivity index (χ0) is 24.6. The average Bonchev–Trinajstić information content (AvgIpc) is 3.14. The van der Waals surface area contributed by atoms with Gasteiger partial charge in [0.2, 0.25) is 0 Å². The predicted molar refractivity (Wildman–Crippen MR) is 119 cm³/mol. The van der Waals surface area contributed by atoms with Gasteiger partial charge in [0.25, 0.3) is 7.52 Å². The topological polar surface area (TPSA) is 126 Å². The van der Waals surface area contributed by atoms with E-state index in [1.807, 2.05) is 0 Å². The SMILES string of the molecule is CCOC(=O)[C@@H]1[C@H]2OC(=O)[C@@H](C(=O)[C@@H]2[P@]2(=O)OCCN2CCCl)[C@H]1c1ccc(OC(C)=O)cc1. The maximum atomic E-state index is 13.9. The second-order valence-corrected chi connectivity index (χ2v) is 11.1. The minimum Gasteiger partial charge on any atom is -0.466 e. The molecule has 3 aliphatic heterocycles. The quantitative estimate of drug-likeness (QED) is 0.176. The van der Waals surface area contributed by atoms with Gasteiger partial charge in [0, 0.05) is 31.8 Å². The summed E-state index contributed by atoms with van der Waals surface area (Å²) < 4.78 is 36.9. The molecule has 1 aliphatic carbocycles. The molecule has 6 atom stereocenters. The third-order valence-electron chi connectivity index (χ3n) is 6.31. The van der Waals surface area contributed by atoms with Gasteiger partial charge in [0.05, 0.1) is 13.2 Å². The maximum absolute atomic E-state index is 13.9. The number of nitrogens with zero attached hydrogens (tertiary/aromatic N) is 1. The number of halogens is 1. The first kappa shape index (κ1) is 24.9. The molecule has 3 heterocycles. The van der Waals surface area contributed by atoms with E-state index in [9.17, 15) is 23.7 Å². The maximum Gasteiger partial charge on any atom is 0.317 e. The van der Waals surface area contributed by atoms with Gasteiger partial charge in [-0.2, -0.15) is 0 Å². The Kier molecular flexibility index (Phi) is 7.14. The van der Waals surface area contributed by atoms with Crippen molar-refractivity contribution in [2.45, 2.75) is 31.5 Å². The first-order valence-corrected chi connectivity index (χ1v) is 13.2. The molecule has 1 aromatic carbocycles. The fraction of sp³-hybridized carbons (Fsp3) is 0.545. The first-order valence-electron chi connectivity index (χ1n) is 11.0. The van der Waals surface area contributed by atoms with Crippen molar-refractivity contribution in [2.24, 2.45) is 11.8 Å². The van der Waals surface area contributed by atoms with Crippen molar-refractivity contribution in [2.75, 3.05) is 32.2 Å². The number of fused-ring (bicyclic) bond motifs is 3. The van der Waals surface area contributed by atoms with Gasteiger partial charge in [-0.05, 0) is 24.6 Å². The number of alkyl halides is 1. The highest BCUT2D eigenvalue weighted by atomic mass is 35.5. The zero-order valence-electron chi connectivity index (χ0n) is 18.7. The molecule has 34 heavy (non-hydrogen) atoms. The Bertz CT molecular complexity index is 1050. The van der Waals surface area contributed by atoms with Crippen LogP contribution in [0.15, 0.2) is 24.3 Å². The van der Waals surface area contributed by atoms with Crippen molar-refractivity contribution in [3.05, 3.63) is 29.8 Å². The molecule has 3 saturated heterocycles. The summed E-state index contributed by atoms with van der Waals surface area (Å²) in [5.41, 5.74) is -0.817. The molecule has 4 fully saturated rings. The van der Waals surface area contributed by atoms with Crippen molar-refractivity contribution in [1.29, 1.82) is 0 Å². The van der Waals surface area contributed by atoms with Crippen LogP contribution in [0.1, 0.15) is 25.3 Å². The predicted octanol–water partition coefficient (Wildman–Crippen LogP) is 2.13. The van der Waals surface area contributed by atoms with E-state index >= 15 is 0 Å². The number of hydrogen-bond acceptors (Lipinski definition) is 9. The molecule has 0 N–H and O–H groups in total. The summed E-state index contributed by atoms with van der Waals surface area (Å²) in [7, 11) is -3.78. The molecule has 2 bridgehead atoms. The molecule has 10 nitrogen and oxygen atoms in total. The highest BCUT2D eigenvalue weighted by Gasteiger charge is 2.68. The molecule has 0 aromatic heterocycles. The minimum absolute atomic E-state index is 0.0733. The van der Waals surface area contributed by atoms with Crippen LogP contribution in [0.25, 0.3) is 0 Å². The Morgan fingerprint density at radius 2 is 1.94 bits per heavy atom. The second kappa shape index (κ2) is 9.77. The van der Waals surface area contributed by atoms with Crippen molar-refractivity contribution < 1.29 is 42.5 Å². The number of esters is 3. The van der Waals surface area contributed by atoms with Crippen LogP contribution in [0.5, 0.6) is 5.75 Å². The lowest BCUT2D eigenvalue weighted by Crippen LogP contribution is -2.64. The second-order valence-electron chi connectivity index (χ2n) is 8.23. The van der Waals surface area contributed by atoms with Gasteiger partial charge in [-0.15, -0.1) is 11.6 Å². The first-order chi connectivity index (χ1) is 16.2. The molecule has 1 aromatic rings. The lowest BCUT2D eigenvalue weighted by molar-refractivity contribution is -0.187. The molecule has 4 aliphatic rings. The van der Waals surface area contributed by atoms with Gasteiger partial charge >= 0.3 is 17.9 Å². The van der Waals surface area contributed by atoms with E-state index in [1.165, 1.54) is 23.7 Å². The molecule has 0 radical (unpaired) electrons. The van der Waals surface area contributed by atoms with Crippen LogP contribution in [0.3, 0.4) is 0 Å². The number of carbonyl (C=O) groups is 4. The van der Waals surface area contributed by atoms with E-state index in [0.717, 1.165) is 0 Å². The number of hydrogen-bond donors (Lipinski definition) is 0. The fourth-order valence-corrected chi connectivity index (χ4v) is 8.21. The number of carbonyl (C=O) groups excluding carboxylic acids is 4. The number of ketones is 1. The molecule has 0 unspecified atom stereocenters. The Hall–Kier alpha value is -2.26. The Morgan fingerprint density at radius 1 is 1.24 bits per heavy atom. The van der Waals surface area contributed by atoms with Gasteiger partial charge in [-0.1, -0.05) is 12.1 Å². The smallest absolute Gasteiger partial charge is 0.317 e. The molecular formula is C22H25ClNO9P. The highest BCUT2D eigenvalue weighted by Crippen LogP contribution is 2.65. The van der Waals surface area contributed by atoms with Crippen LogP contribution in [0.4, 0.5) is 0 Å².